The van der Waals surface area contributed by atoms with Gasteiger partial charge in [-0.15, -0.1) is 0 Å². The molecule has 8 aromatic rings. The van der Waals surface area contributed by atoms with Crippen LogP contribution in [0.2, 0.25) is 10.0 Å². The van der Waals surface area contributed by atoms with E-state index < -0.39 is 53.2 Å². The number of aliphatic hydroxyl groups is 2. The number of nitrogens with zero attached hydrogens (tertiary/aromatic N) is 4. The molecule has 0 aliphatic carbocycles. The molecule has 0 aliphatic rings. The molecule has 0 spiro atoms. The largest absolute Gasteiger partial charge is 0.477 e. The van der Waals surface area contributed by atoms with Gasteiger partial charge in [-0.25, -0.2) is 33.7 Å². The van der Waals surface area contributed by atoms with Crippen molar-refractivity contribution in [3.05, 3.63) is 211 Å². The third-order valence-electron chi connectivity index (χ3n) is 11.4. The van der Waals surface area contributed by atoms with Gasteiger partial charge in [0, 0.05) is 53.1 Å². The lowest BCUT2D eigenvalue weighted by Gasteiger charge is -2.21. The van der Waals surface area contributed by atoms with Crippen molar-refractivity contribution in [1.29, 1.82) is 0 Å². The Hall–Kier alpha value is -8.46. The third-order valence-corrected chi connectivity index (χ3v) is 11.8. The van der Waals surface area contributed by atoms with Gasteiger partial charge in [0.2, 0.25) is 0 Å². The first-order valence-corrected chi connectivity index (χ1v) is 24.9. The predicted octanol–water partition coefficient (Wildman–Crippen LogP) is 7.62. The number of amides is 1. The number of hydrogen-bond acceptors (Lipinski definition) is 13. The number of ether oxygens (including phenoxy) is 2. The van der Waals surface area contributed by atoms with Crippen molar-refractivity contribution in [1.82, 2.24) is 34.8 Å². The maximum Gasteiger partial charge on any atom is 0.353 e. The van der Waals surface area contributed by atoms with Gasteiger partial charge in [0.1, 0.15) is 11.4 Å². The molecule has 0 saturated carbocycles. The van der Waals surface area contributed by atoms with E-state index in [4.69, 9.17) is 43.5 Å². The summed E-state index contributed by atoms with van der Waals surface area (Å²) in [4.78, 5) is 79.0. The molecule has 19 nitrogen and oxygen atoms in total. The van der Waals surface area contributed by atoms with Crippen LogP contribution in [0.15, 0.2) is 168 Å². The Bertz CT molecular complexity index is 3330. The number of H-pyrrole nitrogens is 2. The van der Waals surface area contributed by atoms with Crippen LogP contribution in [0.3, 0.4) is 0 Å². The van der Waals surface area contributed by atoms with Crippen molar-refractivity contribution in [3.8, 4) is 33.9 Å². The van der Waals surface area contributed by atoms with Crippen LogP contribution in [0, 0.1) is 0 Å². The molecule has 0 saturated heterocycles. The van der Waals surface area contributed by atoms with Crippen LogP contribution in [0.1, 0.15) is 66.2 Å². The number of nitrogens with two attached hydrogens (primary N) is 1. The van der Waals surface area contributed by atoms with Crippen molar-refractivity contribution in [2.24, 2.45) is 5.73 Å². The van der Waals surface area contributed by atoms with E-state index in [1.165, 1.54) is 18.5 Å². The minimum atomic E-state index is -1.43. The topological polar surface area (TPSA) is 287 Å². The van der Waals surface area contributed by atoms with Gasteiger partial charge in [-0.3, -0.25) is 24.6 Å². The van der Waals surface area contributed by atoms with E-state index in [1.54, 1.807) is 56.3 Å². The van der Waals surface area contributed by atoms with Crippen LogP contribution in [0.25, 0.3) is 33.9 Å². The Morgan fingerprint density at radius 2 is 1.05 bits per heavy atom. The number of carboxylic acid groups (broad SMARTS) is 1. The van der Waals surface area contributed by atoms with Crippen molar-refractivity contribution in [3.63, 3.8) is 0 Å². The minimum absolute atomic E-state index is 0. The molecule has 408 valence electrons. The second-order valence-corrected chi connectivity index (χ2v) is 18.0. The number of carbonyl (C=O) groups excluding carboxylic acids is 3. The van der Waals surface area contributed by atoms with E-state index >= 15 is 0 Å². The first-order chi connectivity index (χ1) is 37.0. The lowest BCUT2D eigenvalue weighted by atomic mass is 9.97. The van der Waals surface area contributed by atoms with Gasteiger partial charge in [0.05, 0.1) is 13.2 Å². The monoisotopic (exact) mass is 1100 g/mol. The van der Waals surface area contributed by atoms with Gasteiger partial charge in [-0.1, -0.05) is 116 Å². The Morgan fingerprint density at radius 1 is 0.603 bits per heavy atom. The average Bonchev–Trinajstić information content (AvgIpc) is 4.02. The van der Waals surface area contributed by atoms with Crippen molar-refractivity contribution in [2.75, 3.05) is 13.2 Å². The highest BCUT2D eigenvalue weighted by molar-refractivity contribution is 6.31. The van der Waals surface area contributed by atoms with Gasteiger partial charge < -0.3 is 35.8 Å². The molecule has 1 amide bonds. The van der Waals surface area contributed by atoms with Crippen molar-refractivity contribution in [2.45, 2.75) is 71.2 Å². The second kappa shape index (κ2) is 29.7. The fourth-order valence-corrected chi connectivity index (χ4v) is 8.07. The maximum atomic E-state index is 13.1. The number of carboxylic acids is 1. The Labute approximate surface area is 459 Å². The number of benzene rings is 4. The molecule has 4 aromatic heterocycles. The smallest absolute Gasteiger partial charge is 0.353 e. The van der Waals surface area contributed by atoms with E-state index in [9.17, 15) is 39.0 Å². The summed E-state index contributed by atoms with van der Waals surface area (Å²) in [5.41, 5.74) is 11.0. The first-order valence-electron chi connectivity index (χ1n) is 24.2. The summed E-state index contributed by atoms with van der Waals surface area (Å²) in [6.07, 6.45) is 1.44. The molecule has 4 atom stereocenters. The average molecular weight is 1100 g/mol. The molecule has 4 aromatic carbocycles. The zero-order valence-electron chi connectivity index (χ0n) is 41.8. The number of esters is 2. The van der Waals surface area contributed by atoms with Crippen molar-refractivity contribution >= 4 is 47.0 Å². The molecular weight excluding hydrogens is 1040 g/mol. The first kappa shape index (κ1) is 60.4. The summed E-state index contributed by atoms with van der Waals surface area (Å²) < 4.78 is 11.9. The van der Waals surface area contributed by atoms with Crippen LogP contribution < -0.4 is 22.2 Å². The van der Waals surface area contributed by atoms with Crippen LogP contribution in [-0.2, 0) is 31.9 Å². The lowest BCUT2D eigenvalue weighted by Crippen LogP contribution is -2.41. The van der Waals surface area contributed by atoms with Crippen LogP contribution >= 0.6 is 23.2 Å². The molecule has 4 heterocycles. The standard InChI is InChI=1S/C28H27ClN4O5.C19H22ClNO3.C9H7N3O3.CH4/c1-2-38-28(37)24(34)16-22(14-18-9-11-19(12-10-18)20-6-5-7-21(29)15-20)31-27(36)23-17-26(35)33(32-23)25-8-3-4-13-30-25;1-2-24-19(23)18(22)12-17(21)10-13-6-8-14(9-7-13)15-4-3-5-16(20)11-15;13-8-5-6(9(14)15)11-12(8)7-3-1-2-4-10-7;/h3-13,15,17,22,24,32,34H,2,14,16H2,1H3,(H,31,36);3-9,11,17-18,22H,2,10,12,21H2,1H3;1-5,11H,(H,14,15);1H4/t22-,24-;17-,18-;;/m11../s1. The summed E-state index contributed by atoms with van der Waals surface area (Å²) in [7, 11) is 0. The van der Waals surface area contributed by atoms with Gasteiger partial charge in [0.25, 0.3) is 17.0 Å². The highest BCUT2D eigenvalue weighted by Gasteiger charge is 2.25. The summed E-state index contributed by atoms with van der Waals surface area (Å²) in [5.74, 6) is -2.43. The maximum absolute atomic E-state index is 13.1. The number of pyridine rings is 2. The van der Waals surface area contributed by atoms with Gasteiger partial charge in [-0.05, 0) is 115 Å². The van der Waals surface area contributed by atoms with Gasteiger partial charge >= 0.3 is 17.9 Å². The van der Waals surface area contributed by atoms with Crippen LogP contribution in [-0.4, -0.2) is 106 Å². The zero-order chi connectivity index (χ0) is 55.4. The normalized spacial score (nSPS) is 12.1. The number of halogens is 2. The van der Waals surface area contributed by atoms with Gasteiger partial charge in [0.15, 0.2) is 23.8 Å². The van der Waals surface area contributed by atoms with Gasteiger partial charge in [-0.2, -0.15) is 0 Å². The van der Waals surface area contributed by atoms with E-state index in [2.05, 4.69) is 25.5 Å². The quantitative estimate of drug-likeness (QED) is 0.0384. The van der Waals surface area contributed by atoms with E-state index in [0.29, 0.717) is 34.5 Å². The molecule has 0 bridgehead atoms. The molecule has 21 heteroatoms. The Kier molecular flexibility index (Phi) is 23.0. The molecule has 78 heavy (non-hydrogen) atoms. The molecule has 0 aliphatic heterocycles. The molecule has 0 radical (unpaired) electrons. The summed E-state index contributed by atoms with van der Waals surface area (Å²) in [6, 6.07) is 42.2. The Morgan fingerprint density at radius 3 is 1.47 bits per heavy atom. The highest BCUT2D eigenvalue weighted by Crippen LogP contribution is 2.25. The van der Waals surface area contributed by atoms with Crippen LogP contribution in [0.5, 0.6) is 0 Å². The summed E-state index contributed by atoms with van der Waals surface area (Å²) >= 11 is 12.1. The number of aromatic amines is 2. The minimum Gasteiger partial charge on any atom is -0.477 e. The predicted molar refractivity (Wildman–Crippen MR) is 297 cm³/mol. The SMILES string of the molecule is C.CCOC(=O)[C@H](O)C[C@@H](Cc1ccc(-c2cccc(Cl)c2)cc1)NC(=O)c1cc(=O)n(-c2ccccn2)[nH]1.CCOC(=O)[C@H](O)C[C@H](N)Cc1ccc(-c2cccc(Cl)c2)cc1.O=C(O)c1cc(=O)n(-c2ccccn2)[nH]1. The molecule has 8 N–H and O–H groups in total. The number of nitrogens with one attached hydrogen (secondary N) is 3. The number of aliphatic hydroxyl groups excluding tert-OH is 2. The van der Waals surface area contributed by atoms with Crippen LogP contribution in [0.4, 0.5) is 0 Å². The number of aromatic carboxylic acids is 1. The fraction of sp³-hybridized carbons (Fsp3) is 0.228. The number of aromatic nitrogens is 6. The number of rotatable bonds is 19. The zero-order valence-corrected chi connectivity index (χ0v) is 43.3. The summed E-state index contributed by atoms with van der Waals surface area (Å²) in [6.45, 7) is 3.72. The van der Waals surface area contributed by atoms with E-state index in [1.807, 2.05) is 91.0 Å². The van der Waals surface area contributed by atoms with Crippen molar-refractivity contribution < 1.29 is 44.0 Å². The molecule has 0 unspecified atom stereocenters. The molecular formula is C57H60Cl2N8O11. The lowest BCUT2D eigenvalue weighted by molar-refractivity contribution is -0.154. The van der Waals surface area contributed by atoms with E-state index in [-0.39, 0.29) is 50.9 Å². The van der Waals surface area contributed by atoms with E-state index in [0.717, 1.165) is 48.8 Å². The Balaban J connectivity index is 0.000000238. The number of carbonyl (C=O) groups is 4. The fourth-order valence-electron chi connectivity index (χ4n) is 7.69. The molecule has 0 fully saturated rings. The second-order valence-electron chi connectivity index (χ2n) is 17.1. The number of hydrogen-bond donors (Lipinski definition) is 7. The molecule has 8 rings (SSSR count). The third kappa shape index (κ3) is 17.8. The highest BCUT2D eigenvalue weighted by atomic mass is 35.5. The summed E-state index contributed by atoms with van der Waals surface area (Å²) in [5, 5.41) is 38.2.